The number of hydrogen-bond acceptors (Lipinski definition) is 2. The molecule has 2 aromatic rings. The van der Waals surface area contributed by atoms with E-state index in [-0.39, 0.29) is 5.82 Å². The molecule has 1 aromatic heterocycles. The first-order valence-electron chi connectivity index (χ1n) is 6.69. The highest BCUT2D eigenvalue weighted by molar-refractivity contribution is 7.15. The van der Waals surface area contributed by atoms with Crippen molar-refractivity contribution in [1.82, 2.24) is 5.32 Å². The SMILES string of the molecule is CCCC(NC)c1ccc(-c2cc(F)ccc2C)s1. The zero-order valence-corrected chi connectivity index (χ0v) is 12.5. The number of benzene rings is 1. The topological polar surface area (TPSA) is 12.0 Å². The minimum atomic E-state index is -0.172. The van der Waals surface area contributed by atoms with Gasteiger partial charge >= 0.3 is 0 Å². The number of rotatable bonds is 5. The second-order valence-corrected chi connectivity index (χ2v) is 5.91. The minimum absolute atomic E-state index is 0.172. The van der Waals surface area contributed by atoms with E-state index in [0.717, 1.165) is 28.8 Å². The average molecular weight is 277 g/mol. The number of aryl methyl sites for hydroxylation is 1. The summed E-state index contributed by atoms with van der Waals surface area (Å²) in [6.45, 7) is 4.21. The molecule has 102 valence electrons. The maximum Gasteiger partial charge on any atom is 0.123 e. The van der Waals surface area contributed by atoms with Crippen LogP contribution in [0.2, 0.25) is 0 Å². The minimum Gasteiger partial charge on any atom is -0.312 e. The maximum atomic E-state index is 13.4. The van der Waals surface area contributed by atoms with Crippen molar-refractivity contribution in [2.24, 2.45) is 0 Å². The van der Waals surface area contributed by atoms with Gasteiger partial charge in [0.15, 0.2) is 0 Å². The van der Waals surface area contributed by atoms with Crippen LogP contribution in [-0.4, -0.2) is 7.05 Å². The van der Waals surface area contributed by atoms with Gasteiger partial charge < -0.3 is 5.32 Å². The summed E-state index contributed by atoms with van der Waals surface area (Å²) in [4.78, 5) is 2.46. The molecule has 0 saturated carbocycles. The molecule has 0 spiro atoms. The fourth-order valence-corrected chi connectivity index (χ4v) is 3.50. The van der Waals surface area contributed by atoms with Crippen molar-refractivity contribution < 1.29 is 4.39 Å². The van der Waals surface area contributed by atoms with E-state index in [4.69, 9.17) is 0 Å². The molecule has 0 saturated heterocycles. The first kappa shape index (κ1) is 14.2. The molecule has 0 radical (unpaired) electrons. The quantitative estimate of drug-likeness (QED) is 0.817. The smallest absolute Gasteiger partial charge is 0.123 e. The number of hydrogen-bond donors (Lipinski definition) is 1. The molecule has 1 heterocycles. The monoisotopic (exact) mass is 277 g/mol. The van der Waals surface area contributed by atoms with E-state index in [0.29, 0.717) is 6.04 Å². The Hall–Kier alpha value is -1.19. The molecule has 0 aliphatic rings. The van der Waals surface area contributed by atoms with Crippen LogP contribution in [0.15, 0.2) is 30.3 Å². The predicted octanol–water partition coefficient (Wildman–Crippen LogP) is 4.92. The number of thiophene rings is 1. The molecule has 0 fully saturated rings. The Morgan fingerprint density at radius 3 is 2.74 bits per heavy atom. The van der Waals surface area contributed by atoms with E-state index in [1.165, 1.54) is 10.9 Å². The highest BCUT2D eigenvalue weighted by Gasteiger charge is 2.13. The van der Waals surface area contributed by atoms with Crippen molar-refractivity contribution in [2.75, 3.05) is 7.05 Å². The summed E-state index contributed by atoms with van der Waals surface area (Å²) in [5.74, 6) is -0.172. The zero-order valence-electron chi connectivity index (χ0n) is 11.7. The van der Waals surface area contributed by atoms with Crippen molar-refractivity contribution in [3.05, 3.63) is 46.6 Å². The number of nitrogens with one attached hydrogen (secondary N) is 1. The first-order chi connectivity index (χ1) is 9.15. The third kappa shape index (κ3) is 3.23. The van der Waals surface area contributed by atoms with Gasteiger partial charge in [0, 0.05) is 15.8 Å². The van der Waals surface area contributed by atoms with Crippen molar-refractivity contribution in [1.29, 1.82) is 0 Å². The second-order valence-electron chi connectivity index (χ2n) is 4.79. The van der Waals surface area contributed by atoms with Gasteiger partial charge in [-0.3, -0.25) is 0 Å². The number of halogens is 1. The van der Waals surface area contributed by atoms with Crippen LogP contribution in [0.5, 0.6) is 0 Å². The largest absolute Gasteiger partial charge is 0.312 e. The third-order valence-corrected chi connectivity index (χ3v) is 4.59. The molecule has 0 aliphatic heterocycles. The molecule has 1 unspecified atom stereocenters. The van der Waals surface area contributed by atoms with Crippen molar-refractivity contribution >= 4 is 11.3 Å². The van der Waals surface area contributed by atoms with Crippen molar-refractivity contribution in [3.63, 3.8) is 0 Å². The summed E-state index contributed by atoms with van der Waals surface area (Å²) in [5, 5.41) is 3.35. The van der Waals surface area contributed by atoms with Gasteiger partial charge in [0.1, 0.15) is 5.82 Å². The lowest BCUT2D eigenvalue weighted by Crippen LogP contribution is -2.14. The molecule has 1 N–H and O–H groups in total. The van der Waals surface area contributed by atoms with Gasteiger partial charge in [-0.15, -0.1) is 11.3 Å². The highest BCUT2D eigenvalue weighted by atomic mass is 32.1. The lowest BCUT2D eigenvalue weighted by atomic mass is 10.1. The van der Waals surface area contributed by atoms with Crippen molar-refractivity contribution in [2.45, 2.75) is 32.7 Å². The standard InChI is InChI=1S/C16H20FNS/c1-4-5-14(18-3)16-9-8-15(19-16)13-10-12(17)7-6-11(13)2/h6-10,14,18H,4-5H2,1-3H3. The Bertz CT molecular complexity index is 547. The molecule has 0 aliphatic carbocycles. The molecule has 3 heteroatoms. The van der Waals surface area contributed by atoms with Crippen LogP contribution in [0.3, 0.4) is 0 Å². The summed E-state index contributed by atoms with van der Waals surface area (Å²) < 4.78 is 13.4. The normalized spacial score (nSPS) is 12.6. The van der Waals surface area contributed by atoms with E-state index in [1.807, 2.05) is 20.0 Å². The van der Waals surface area contributed by atoms with Gasteiger partial charge in [0.2, 0.25) is 0 Å². The van der Waals surface area contributed by atoms with Crippen LogP contribution >= 0.6 is 11.3 Å². The Labute approximate surface area is 118 Å². The Morgan fingerprint density at radius 2 is 2.05 bits per heavy atom. The Balaban J connectivity index is 2.32. The molecular weight excluding hydrogens is 257 g/mol. The average Bonchev–Trinajstić information content (AvgIpc) is 2.88. The van der Waals surface area contributed by atoms with Gasteiger partial charge in [-0.05, 0) is 55.8 Å². The van der Waals surface area contributed by atoms with Gasteiger partial charge in [-0.25, -0.2) is 4.39 Å². The summed E-state index contributed by atoms with van der Waals surface area (Å²) in [6, 6.07) is 9.63. The van der Waals surface area contributed by atoms with Gasteiger partial charge in [-0.1, -0.05) is 19.4 Å². The molecule has 0 amide bonds. The molecule has 2 rings (SSSR count). The van der Waals surface area contributed by atoms with E-state index >= 15 is 0 Å². The Morgan fingerprint density at radius 1 is 1.26 bits per heavy atom. The van der Waals surface area contributed by atoms with E-state index in [9.17, 15) is 4.39 Å². The summed E-state index contributed by atoms with van der Waals surface area (Å²) in [5.41, 5.74) is 2.12. The van der Waals surface area contributed by atoms with Gasteiger partial charge in [-0.2, -0.15) is 0 Å². The van der Waals surface area contributed by atoms with Crippen LogP contribution in [-0.2, 0) is 0 Å². The molecule has 1 aromatic carbocycles. The molecule has 1 nitrogen and oxygen atoms in total. The van der Waals surface area contributed by atoms with Gasteiger partial charge in [0.25, 0.3) is 0 Å². The van der Waals surface area contributed by atoms with E-state index in [2.05, 4.69) is 24.4 Å². The van der Waals surface area contributed by atoms with E-state index < -0.39 is 0 Å². The van der Waals surface area contributed by atoms with Crippen LogP contribution in [0.1, 0.15) is 36.2 Å². The summed E-state index contributed by atoms with van der Waals surface area (Å²) in [6.07, 6.45) is 2.27. The van der Waals surface area contributed by atoms with Gasteiger partial charge in [0.05, 0.1) is 0 Å². The first-order valence-corrected chi connectivity index (χ1v) is 7.51. The van der Waals surface area contributed by atoms with Crippen molar-refractivity contribution in [3.8, 4) is 10.4 Å². The van der Waals surface area contributed by atoms with E-state index in [1.54, 1.807) is 17.4 Å². The summed E-state index contributed by atoms with van der Waals surface area (Å²) >= 11 is 1.75. The fraction of sp³-hybridized carbons (Fsp3) is 0.375. The third-order valence-electron chi connectivity index (χ3n) is 3.36. The zero-order chi connectivity index (χ0) is 13.8. The predicted molar refractivity (Wildman–Crippen MR) is 81.2 cm³/mol. The van der Waals surface area contributed by atoms with Crippen LogP contribution < -0.4 is 5.32 Å². The second kappa shape index (κ2) is 6.31. The highest BCUT2D eigenvalue weighted by Crippen LogP contribution is 2.34. The van der Waals surface area contributed by atoms with Crippen LogP contribution in [0, 0.1) is 12.7 Å². The van der Waals surface area contributed by atoms with Crippen LogP contribution in [0.25, 0.3) is 10.4 Å². The maximum absolute atomic E-state index is 13.4. The molecular formula is C16H20FNS. The molecule has 19 heavy (non-hydrogen) atoms. The van der Waals surface area contributed by atoms with Crippen LogP contribution in [0.4, 0.5) is 4.39 Å². The molecule has 0 bridgehead atoms. The lowest BCUT2D eigenvalue weighted by molar-refractivity contribution is 0.550. The Kier molecular flexibility index (Phi) is 4.72. The summed E-state index contributed by atoms with van der Waals surface area (Å²) in [7, 11) is 1.99. The lowest BCUT2D eigenvalue weighted by Gasteiger charge is -2.12. The fourth-order valence-electron chi connectivity index (χ4n) is 2.26. The molecule has 1 atom stereocenters.